The Labute approximate surface area is 165 Å². The van der Waals surface area contributed by atoms with E-state index in [1.54, 1.807) is 6.92 Å². The van der Waals surface area contributed by atoms with Crippen molar-refractivity contribution in [1.29, 1.82) is 0 Å². The van der Waals surface area contributed by atoms with Crippen molar-refractivity contribution in [3.05, 3.63) is 44.7 Å². The number of hydrogen-bond acceptors (Lipinski definition) is 5. The van der Waals surface area contributed by atoms with E-state index in [2.05, 4.69) is 29.4 Å². The normalized spacial score (nSPS) is 16.1. The van der Waals surface area contributed by atoms with Gasteiger partial charge in [0.1, 0.15) is 0 Å². The standard InChI is InChI=1S/C21H29N3O2S/c1-15-7-5-8-19(16(15)2)22-21-24(17(3)20(27-21)18(4)25)10-6-9-23-11-13-26-14-12-23/h5,7-8H,6,9-14H2,1-4H3. The van der Waals surface area contributed by atoms with Crippen molar-refractivity contribution in [3.8, 4) is 0 Å². The van der Waals surface area contributed by atoms with Crippen molar-refractivity contribution < 1.29 is 9.53 Å². The summed E-state index contributed by atoms with van der Waals surface area (Å²) in [5, 5.41) is 0. The maximum Gasteiger partial charge on any atom is 0.190 e. The third kappa shape index (κ3) is 4.75. The Morgan fingerprint density at radius 1 is 1.19 bits per heavy atom. The van der Waals surface area contributed by atoms with Gasteiger partial charge >= 0.3 is 0 Å². The first-order chi connectivity index (χ1) is 13.0. The number of nitrogens with zero attached hydrogens (tertiary/aromatic N) is 3. The molecule has 0 amide bonds. The first kappa shape index (κ1) is 20.0. The summed E-state index contributed by atoms with van der Waals surface area (Å²) in [6, 6.07) is 6.19. The van der Waals surface area contributed by atoms with E-state index in [1.807, 2.05) is 19.1 Å². The summed E-state index contributed by atoms with van der Waals surface area (Å²) >= 11 is 1.50. The van der Waals surface area contributed by atoms with Gasteiger partial charge in [-0.2, -0.15) is 0 Å². The second-order valence-corrected chi connectivity index (χ2v) is 8.12. The molecule has 2 heterocycles. The average Bonchev–Trinajstić information content (AvgIpc) is 2.96. The summed E-state index contributed by atoms with van der Waals surface area (Å²) < 4.78 is 7.63. The van der Waals surface area contributed by atoms with Gasteiger partial charge in [0.25, 0.3) is 0 Å². The van der Waals surface area contributed by atoms with Gasteiger partial charge in [0, 0.05) is 38.8 Å². The molecule has 1 saturated heterocycles. The molecule has 0 radical (unpaired) electrons. The second kappa shape index (κ2) is 8.95. The smallest absolute Gasteiger partial charge is 0.190 e. The summed E-state index contributed by atoms with van der Waals surface area (Å²) in [7, 11) is 0. The molecule has 3 rings (SSSR count). The Morgan fingerprint density at radius 2 is 1.93 bits per heavy atom. The molecule has 0 bridgehead atoms. The number of morpholine rings is 1. The van der Waals surface area contributed by atoms with Crippen LogP contribution in [-0.2, 0) is 11.3 Å². The Hall–Kier alpha value is -1.76. The van der Waals surface area contributed by atoms with Crippen molar-refractivity contribution >= 4 is 22.8 Å². The fourth-order valence-electron chi connectivity index (χ4n) is 3.40. The molecule has 0 aliphatic carbocycles. The molecule has 0 unspecified atom stereocenters. The van der Waals surface area contributed by atoms with Crippen LogP contribution in [-0.4, -0.2) is 48.1 Å². The third-order valence-electron chi connectivity index (χ3n) is 5.23. The predicted octanol–water partition coefficient (Wildman–Crippen LogP) is 3.63. The average molecular weight is 388 g/mol. The van der Waals surface area contributed by atoms with E-state index >= 15 is 0 Å². The monoisotopic (exact) mass is 387 g/mol. The number of carbonyl (C=O) groups excluding carboxylic acids is 1. The molecule has 1 aromatic carbocycles. The first-order valence-corrected chi connectivity index (χ1v) is 10.4. The highest BCUT2D eigenvalue weighted by molar-refractivity contribution is 7.11. The number of ketones is 1. The van der Waals surface area contributed by atoms with Crippen LogP contribution in [0.2, 0.25) is 0 Å². The van der Waals surface area contributed by atoms with Crippen LogP contribution in [0.15, 0.2) is 23.2 Å². The summed E-state index contributed by atoms with van der Waals surface area (Å²) in [4.78, 5) is 21.2. The summed E-state index contributed by atoms with van der Waals surface area (Å²) in [6.07, 6.45) is 1.04. The summed E-state index contributed by atoms with van der Waals surface area (Å²) in [5.74, 6) is 0.113. The Kier molecular flexibility index (Phi) is 6.63. The zero-order valence-electron chi connectivity index (χ0n) is 16.7. The highest BCUT2D eigenvalue weighted by Gasteiger charge is 2.15. The van der Waals surface area contributed by atoms with Crippen LogP contribution in [0.5, 0.6) is 0 Å². The largest absolute Gasteiger partial charge is 0.379 e. The van der Waals surface area contributed by atoms with Crippen LogP contribution >= 0.6 is 11.3 Å². The van der Waals surface area contributed by atoms with E-state index in [0.29, 0.717) is 0 Å². The predicted molar refractivity (Wildman–Crippen MR) is 110 cm³/mol. The minimum Gasteiger partial charge on any atom is -0.379 e. The van der Waals surface area contributed by atoms with Gasteiger partial charge in [0.15, 0.2) is 10.6 Å². The minimum atomic E-state index is 0.113. The van der Waals surface area contributed by atoms with Gasteiger partial charge in [-0.25, -0.2) is 4.99 Å². The van der Waals surface area contributed by atoms with Crippen LogP contribution in [0.4, 0.5) is 5.69 Å². The molecule has 27 heavy (non-hydrogen) atoms. The lowest BCUT2D eigenvalue weighted by atomic mass is 10.1. The lowest BCUT2D eigenvalue weighted by Crippen LogP contribution is -2.37. The Bertz CT molecular complexity index is 876. The topological polar surface area (TPSA) is 46.8 Å². The zero-order valence-corrected chi connectivity index (χ0v) is 17.6. The van der Waals surface area contributed by atoms with Crippen molar-refractivity contribution in [2.24, 2.45) is 4.99 Å². The van der Waals surface area contributed by atoms with Gasteiger partial charge in [-0.05, 0) is 44.4 Å². The molecule has 1 aliphatic heterocycles. The molecule has 0 N–H and O–H groups in total. The van der Waals surface area contributed by atoms with E-state index in [0.717, 1.165) is 66.9 Å². The molecule has 1 aliphatic rings. The van der Waals surface area contributed by atoms with Crippen molar-refractivity contribution in [3.63, 3.8) is 0 Å². The lowest BCUT2D eigenvalue weighted by Gasteiger charge is -2.26. The number of hydrogen-bond donors (Lipinski definition) is 0. The molecule has 2 aromatic rings. The van der Waals surface area contributed by atoms with Gasteiger partial charge in [0.2, 0.25) is 0 Å². The molecular formula is C21H29N3O2S. The van der Waals surface area contributed by atoms with Crippen molar-refractivity contribution in [1.82, 2.24) is 9.47 Å². The van der Waals surface area contributed by atoms with E-state index < -0.39 is 0 Å². The van der Waals surface area contributed by atoms with E-state index in [4.69, 9.17) is 9.73 Å². The fourth-order valence-corrected chi connectivity index (χ4v) is 4.46. The number of Topliss-reactive ketones (excluding diaryl/α,β-unsaturated/α-hetero) is 1. The van der Waals surface area contributed by atoms with E-state index in [-0.39, 0.29) is 5.78 Å². The van der Waals surface area contributed by atoms with Crippen LogP contribution in [0.3, 0.4) is 0 Å². The Morgan fingerprint density at radius 3 is 2.63 bits per heavy atom. The molecule has 0 atom stereocenters. The van der Waals surface area contributed by atoms with Gasteiger partial charge in [-0.3, -0.25) is 9.69 Å². The maximum atomic E-state index is 12.1. The number of ether oxygens (including phenoxy) is 1. The number of rotatable bonds is 6. The third-order valence-corrected chi connectivity index (χ3v) is 6.51. The molecule has 6 heteroatoms. The van der Waals surface area contributed by atoms with Gasteiger partial charge in [-0.15, -0.1) is 0 Å². The van der Waals surface area contributed by atoms with E-state index in [1.165, 1.54) is 22.5 Å². The number of aryl methyl sites for hydroxylation is 1. The SMILES string of the molecule is CC(=O)c1sc(=Nc2cccc(C)c2C)n(CCCN2CCOCC2)c1C. The molecular weight excluding hydrogens is 358 g/mol. The van der Waals surface area contributed by atoms with Crippen molar-refractivity contribution in [2.45, 2.75) is 40.7 Å². The van der Waals surface area contributed by atoms with Gasteiger partial charge < -0.3 is 9.30 Å². The maximum absolute atomic E-state index is 12.1. The summed E-state index contributed by atoms with van der Waals surface area (Å²) in [5.41, 5.74) is 4.43. The minimum absolute atomic E-state index is 0.113. The number of benzene rings is 1. The van der Waals surface area contributed by atoms with Crippen LogP contribution in [0.1, 0.15) is 39.8 Å². The molecule has 1 fully saturated rings. The number of carbonyl (C=O) groups is 1. The quantitative estimate of drug-likeness (QED) is 0.711. The van der Waals surface area contributed by atoms with Crippen molar-refractivity contribution in [2.75, 3.05) is 32.8 Å². The first-order valence-electron chi connectivity index (χ1n) is 9.59. The highest BCUT2D eigenvalue weighted by atomic mass is 32.1. The second-order valence-electron chi connectivity index (χ2n) is 7.15. The van der Waals surface area contributed by atoms with Crippen LogP contribution in [0, 0.1) is 20.8 Å². The molecule has 5 nitrogen and oxygen atoms in total. The summed E-state index contributed by atoms with van der Waals surface area (Å²) in [6.45, 7) is 13.5. The van der Waals surface area contributed by atoms with Gasteiger partial charge in [-0.1, -0.05) is 23.5 Å². The highest BCUT2D eigenvalue weighted by Crippen LogP contribution is 2.22. The zero-order chi connectivity index (χ0) is 19.4. The van der Waals surface area contributed by atoms with Crippen LogP contribution in [0.25, 0.3) is 0 Å². The fraction of sp³-hybridized carbons (Fsp3) is 0.524. The number of thiazole rings is 1. The molecule has 1 aromatic heterocycles. The molecule has 0 saturated carbocycles. The number of aromatic nitrogens is 1. The van der Waals surface area contributed by atoms with Gasteiger partial charge in [0.05, 0.1) is 23.8 Å². The van der Waals surface area contributed by atoms with Crippen LogP contribution < -0.4 is 4.80 Å². The van der Waals surface area contributed by atoms with E-state index in [9.17, 15) is 4.79 Å². The Balaban J connectivity index is 1.88. The molecule has 0 spiro atoms. The lowest BCUT2D eigenvalue weighted by molar-refractivity contribution is 0.0369. The molecule has 146 valence electrons.